The predicted octanol–water partition coefficient (Wildman–Crippen LogP) is 9.31. The number of likely N-dealkylation sites (N-methyl/N-ethyl adjacent to an activating group) is 1. The van der Waals surface area contributed by atoms with E-state index in [2.05, 4.69) is 24.0 Å². The molecule has 1 saturated heterocycles. The summed E-state index contributed by atoms with van der Waals surface area (Å²) in [4.78, 5) is 29.2. The van der Waals surface area contributed by atoms with Crippen molar-refractivity contribution in [3.63, 3.8) is 0 Å². The molecule has 1 aliphatic carbocycles. The number of phenolic OH excluding ortho intramolecular Hbond substituents is 1. The van der Waals surface area contributed by atoms with Gasteiger partial charge in [-0.05, 0) is 83.7 Å². The molecule has 0 radical (unpaired) electrons. The molecular formula is C44H61NO7. The van der Waals surface area contributed by atoms with E-state index < -0.39 is 35.2 Å². The summed E-state index contributed by atoms with van der Waals surface area (Å²) >= 11 is 0. The van der Waals surface area contributed by atoms with Crippen LogP contribution in [-0.2, 0) is 24.5 Å². The number of unbranched alkanes of at least 4 members (excludes halogenated alkanes) is 11. The number of rotatable bonds is 19. The third-order valence-corrected chi connectivity index (χ3v) is 11.8. The molecule has 284 valence electrons. The molecule has 1 fully saturated rings. The zero-order valence-corrected chi connectivity index (χ0v) is 31.9. The Morgan fingerprint density at radius 3 is 2.31 bits per heavy atom. The number of benzene rings is 2. The average Bonchev–Trinajstić information content (AvgIpc) is 3.52. The number of phenols is 1. The maximum Gasteiger partial charge on any atom is 0.357 e. The van der Waals surface area contributed by atoms with E-state index in [9.17, 15) is 19.8 Å². The van der Waals surface area contributed by atoms with Crippen molar-refractivity contribution in [3.8, 4) is 11.5 Å². The van der Waals surface area contributed by atoms with Crippen molar-refractivity contribution in [2.24, 2.45) is 0 Å². The first-order valence-corrected chi connectivity index (χ1v) is 19.9. The summed E-state index contributed by atoms with van der Waals surface area (Å²) < 4.78 is 18.4. The van der Waals surface area contributed by atoms with Crippen LogP contribution in [0.15, 0.2) is 66.5 Å². The van der Waals surface area contributed by atoms with Crippen molar-refractivity contribution in [1.82, 2.24) is 4.90 Å². The molecule has 8 nitrogen and oxygen atoms in total. The van der Waals surface area contributed by atoms with Crippen LogP contribution >= 0.6 is 0 Å². The maximum absolute atomic E-state index is 14.0. The van der Waals surface area contributed by atoms with Gasteiger partial charge in [0, 0.05) is 30.0 Å². The van der Waals surface area contributed by atoms with Crippen LogP contribution in [0.1, 0.15) is 139 Å². The van der Waals surface area contributed by atoms with Crippen LogP contribution in [0.25, 0.3) is 0 Å². The fraction of sp³-hybridized carbons (Fsp3) is 0.591. The average molecular weight is 716 g/mol. The number of allylic oxidation sites excluding steroid dienone is 2. The van der Waals surface area contributed by atoms with Gasteiger partial charge in [0.2, 0.25) is 6.10 Å². The summed E-state index contributed by atoms with van der Waals surface area (Å²) in [5.41, 5.74) is -0.0356. The number of carbonyl (C=O) groups is 2. The first-order chi connectivity index (χ1) is 25.1. The molecular weight excluding hydrogens is 654 g/mol. The van der Waals surface area contributed by atoms with E-state index in [-0.39, 0.29) is 30.4 Å². The quantitative estimate of drug-likeness (QED) is 0.0843. The van der Waals surface area contributed by atoms with Gasteiger partial charge in [0.15, 0.2) is 17.6 Å². The van der Waals surface area contributed by atoms with E-state index >= 15 is 0 Å². The molecule has 5 rings (SSSR count). The van der Waals surface area contributed by atoms with Gasteiger partial charge in [-0.25, -0.2) is 4.79 Å². The van der Waals surface area contributed by atoms with Gasteiger partial charge in [-0.15, -0.1) is 0 Å². The molecule has 0 saturated carbocycles. The topological polar surface area (TPSA) is 106 Å². The summed E-state index contributed by atoms with van der Waals surface area (Å²) in [6.07, 6.45) is 20.4. The normalized spacial score (nSPS) is 24.4. The SMILES string of the molecule is CCCCCCCC/C=C/CCCCCCCC(=O)O[C@H](C(=O)OC1=CC[C@@]2(O)[C@@H](C)N(C)CC[C@@]23c2c(C)ccc(O)c2O[C@@H]13)c1ccccc1. The van der Waals surface area contributed by atoms with Gasteiger partial charge < -0.3 is 29.3 Å². The van der Waals surface area contributed by atoms with Gasteiger partial charge in [0.25, 0.3) is 0 Å². The lowest BCUT2D eigenvalue weighted by Gasteiger charge is -2.58. The maximum atomic E-state index is 14.0. The van der Waals surface area contributed by atoms with Crippen molar-refractivity contribution in [2.75, 3.05) is 13.6 Å². The fourth-order valence-corrected chi connectivity index (χ4v) is 8.59. The highest BCUT2D eigenvalue weighted by Gasteiger charge is 2.69. The van der Waals surface area contributed by atoms with Crippen LogP contribution in [0.3, 0.4) is 0 Å². The van der Waals surface area contributed by atoms with E-state index in [1.54, 1.807) is 36.4 Å². The van der Waals surface area contributed by atoms with Gasteiger partial charge in [0.05, 0.1) is 11.0 Å². The zero-order valence-electron chi connectivity index (χ0n) is 31.9. The number of nitrogens with zero attached hydrogens (tertiary/aromatic N) is 1. The Bertz CT molecular complexity index is 1550. The number of carbonyl (C=O) groups excluding carboxylic acids is 2. The highest BCUT2D eigenvalue weighted by Crippen LogP contribution is 2.62. The summed E-state index contributed by atoms with van der Waals surface area (Å²) in [6.45, 7) is 6.88. The molecule has 1 spiro atoms. The van der Waals surface area contributed by atoms with Gasteiger partial charge in [-0.2, -0.15) is 0 Å². The molecule has 2 aliphatic heterocycles. The number of piperidine rings is 1. The largest absolute Gasteiger partial charge is 0.504 e. The summed E-state index contributed by atoms with van der Waals surface area (Å²) in [6, 6.07) is 12.1. The Morgan fingerprint density at radius 1 is 0.962 bits per heavy atom. The first-order valence-electron chi connectivity index (χ1n) is 19.9. The van der Waals surface area contributed by atoms with Gasteiger partial charge in [-0.3, -0.25) is 4.79 Å². The number of hydrogen-bond acceptors (Lipinski definition) is 8. The summed E-state index contributed by atoms with van der Waals surface area (Å²) in [5.74, 6) is -0.611. The number of esters is 2. The van der Waals surface area contributed by atoms with E-state index in [1.807, 2.05) is 33.0 Å². The lowest BCUT2D eigenvalue weighted by Crippen LogP contribution is -2.71. The Kier molecular flexibility index (Phi) is 14.0. The molecule has 0 unspecified atom stereocenters. The molecule has 2 N–H and O–H groups in total. The highest BCUT2D eigenvalue weighted by atomic mass is 16.6. The third kappa shape index (κ3) is 8.60. The number of aliphatic hydroxyl groups is 1. The van der Waals surface area contributed by atoms with E-state index in [0.717, 1.165) is 43.2 Å². The number of aromatic hydroxyl groups is 1. The number of aryl methyl sites for hydroxylation is 1. The smallest absolute Gasteiger partial charge is 0.357 e. The number of ether oxygens (including phenoxy) is 3. The molecule has 2 aromatic rings. The number of likely N-dealkylation sites (tertiary alicyclic amines) is 1. The van der Waals surface area contributed by atoms with Crippen molar-refractivity contribution < 1.29 is 34.0 Å². The lowest BCUT2D eigenvalue weighted by molar-refractivity contribution is -0.173. The van der Waals surface area contributed by atoms with Crippen molar-refractivity contribution in [1.29, 1.82) is 0 Å². The Morgan fingerprint density at radius 2 is 1.62 bits per heavy atom. The monoisotopic (exact) mass is 715 g/mol. The van der Waals surface area contributed by atoms with Gasteiger partial charge >= 0.3 is 11.9 Å². The van der Waals surface area contributed by atoms with Crippen LogP contribution in [0.2, 0.25) is 0 Å². The molecule has 0 amide bonds. The highest BCUT2D eigenvalue weighted by molar-refractivity contribution is 5.81. The van der Waals surface area contributed by atoms with Crippen LogP contribution in [0.4, 0.5) is 0 Å². The minimum absolute atomic E-state index is 0.0179. The first kappa shape index (κ1) is 39.6. The van der Waals surface area contributed by atoms with Crippen LogP contribution in [-0.4, -0.2) is 58.4 Å². The van der Waals surface area contributed by atoms with Crippen LogP contribution < -0.4 is 4.74 Å². The molecule has 0 bridgehead atoms. The lowest BCUT2D eigenvalue weighted by atomic mass is 9.54. The minimum atomic E-state index is -1.26. The van der Waals surface area contributed by atoms with Gasteiger partial charge in [-0.1, -0.05) is 107 Å². The molecule has 0 aromatic heterocycles. The van der Waals surface area contributed by atoms with Crippen molar-refractivity contribution in [2.45, 2.75) is 153 Å². The standard InChI is InChI=1S/C44H61NO7/c1-5-6-7-8-9-10-11-12-13-14-15-16-17-18-22-25-37(47)51-39(34-23-20-19-21-24-34)42(48)50-36-28-29-44(49)33(3)45(4)31-30-43(44)38-32(2)26-27-35(46)40(38)52-41(36)43/h12-13,19-21,23-24,26-28,33,39,41,46,49H,5-11,14-18,22,25,29-31H2,1-4H3/b13-12+/t33-,39+,41+,43+,44-/m1/s1. The summed E-state index contributed by atoms with van der Waals surface area (Å²) in [7, 11) is 1.99. The molecule has 8 heteroatoms. The van der Waals surface area contributed by atoms with Crippen LogP contribution in [0, 0.1) is 6.92 Å². The fourth-order valence-electron chi connectivity index (χ4n) is 8.59. The second-order valence-electron chi connectivity index (χ2n) is 15.3. The second-order valence-corrected chi connectivity index (χ2v) is 15.3. The third-order valence-electron chi connectivity index (χ3n) is 11.8. The minimum Gasteiger partial charge on any atom is -0.504 e. The Labute approximate surface area is 311 Å². The molecule has 5 atom stereocenters. The molecule has 2 heterocycles. The molecule has 3 aliphatic rings. The summed E-state index contributed by atoms with van der Waals surface area (Å²) in [5, 5.41) is 23.4. The number of fused-ring (bicyclic) bond motifs is 1. The van der Waals surface area contributed by atoms with E-state index in [1.165, 1.54) is 44.9 Å². The Hall–Kier alpha value is -3.62. The van der Waals surface area contributed by atoms with Crippen molar-refractivity contribution in [3.05, 3.63) is 83.1 Å². The Balaban J connectivity index is 1.17. The van der Waals surface area contributed by atoms with Gasteiger partial charge in [0.1, 0.15) is 5.76 Å². The predicted molar refractivity (Wildman–Crippen MR) is 204 cm³/mol. The molecule has 2 aromatic carbocycles. The van der Waals surface area contributed by atoms with E-state index in [0.29, 0.717) is 30.7 Å². The zero-order chi connectivity index (χ0) is 37.1. The van der Waals surface area contributed by atoms with E-state index in [4.69, 9.17) is 14.2 Å². The molecule has 52 heavy (non-hydrogen) atoms. The second kappa shape index (κ2) is 18.4. The van der Waals surface area contributed by atoms with Crippen LogP contribution in [0.5, 0.6) is 11.5 Å². The number of hydrogen-bond donors (Lipinski definition) is 2. The van der Waals surface area contributed by atoms with Crippen molar-refractivity contribution >= 4 is 11.9 Å².